The summed E-state index contributed by atoms with van der Waals surface area (Å²) in [7, 11) is 0. The lowest BCUT2D eigenvalue weighted by molar-refractivity contribution is -0.979. The van der Waals surface area contributed by atoms with Crippen LogP contribution in [0.2, 0.25) is 0 Å². The summed E-state index contributed by atoms with van der Waals surface area (Å²) < 4.78 is 1.86. The van der Waals surface area contributed by atoms with Crippen LogP contribution in [0.15, 0.2) is 47.3 Å². The number of piperazine rings is 1. The Kier molecular flexibility index (Phi) is 5.04. The molecule has 0 spiro atoms. The Balaban J connectivity index is 1.94. The van der Waals surface area contributed by atoms with Crippen molar-refractivity contribution in [1.82, 2.24) is 9.55 Å². The van der Waals surface area contributed by atoms with Crippen molar-refractivity contribution in [3.05, 3.63) is 69.8 Å². The smallest absolute Gasteiger partial charge is 0.266 e. The van der Waals surface area contributed by atoms with Gasteiger partial charge in [-0.3, -0.25) is 9.36 Å². The zero-order chi connectivity index (χ0) is 19.8. The van der Waals surface area contributed by atoms with Crippen molar-refractivity contribution in [3.63, 3.8) is 0 Å². The first kappa shape index (κ1) is 18.8. The van der Waals surface area contributed by atoms with Crippen molar-refractivity contribution in [3.8, 4) is 5.69 Å². The van der Waals surface area contributed by atoms with E-state index in [0.717, 1.165) is 42.2 Å². The maximum absolute atomic E-state index is 13.5. The Labute approximate surface area is 166 Å². The molecule has 1 aromatic heterocycles. The molecule has 1 unspecified atom stereocenters. The van der Waals surface area contributed by atoms with Gasteiger partial charge in [-0.25, -0.2) is 4.98 Å². The van der Waals surface area contributed by atoms with Crippen molar-refractivity contribution < 1.29 is 10.2 Å². The number of nitrogens with one attached hydrogen (secondary N) is 1. The number of fused-ring (bicyclic) bond motifs is 1. The van der Waals surface area contributed by atoms with E-state index in [9.17, 15) is 4.79 Å². The van der Waals surface area contributed by atoms with Crippen LogP contribution in [-0.4, -0.2) is 35.2 Å². The summed E-state index contributed by atoms with van der Waals surface area (Å²) in [6, 6.07) is 14.7. The second kappa shape index (κ2) is 7.49. The number of para-hydroxylation sites is 1. The van der Waals surface area contributed by atoms with E-state index >= 15 is 0 Å². The fraction of sp³-hybridized carbons (Fsp3) is 0.391. The van der Waals surface area contributed by atoms with Gasteiger partial charge in [0.25, 0.3) is 5.56 Å². The van der Waals surface area contributed by atoms with Gasteiger partial charge in [-0.15, -0.1) is 0 Å². The summed E-state index contributed by atoms with van der Waals surface area (Å²) in [4.78, 5) is 20.0. The quantitative estimate of drug-likeness (QED) is 0.712. The van der Waals surface area contributed by atoms with Crippen LogP contribution in [-0.2, 0) is 0 Å². The Morgan fingerprint density at radius 2 is 2.00 bits per heavy atom. The first-order chi connectivity index (χ1) is 13.5. The SMILES string of the molecule is Cc1ccc(-n2c([C@@H](C)[NH+]3CC[NH2+][C@H](C)C3)nc3ccccc3c2=O)c(C)c1. The van der Waals surface area contributed by atoms with Crippen LogP contribution in [0.25, 0.3) is 16.6 Å². The molecule has 5 heteroatoms. The Morgan fingerprint density at radius 3 is 2.75 bits per heavy atom. The fourth-order valence-electron chi connectivity index (χ4n) is 4.46. The highest BCUT2D eigenvalue weighted by Gasteiger charge is 2.31. The molecule has 5 nitrogen and oxygen atoms in total. The van der Waals surface area contributed by atoms with E-state index in [0.29, 0.717) is 11.4 Å². The topological polar surface area (TPSA) is 55.9 Å². The van der Waals surface area contributed by atoms with Crippen molar-refractivity contribution in [1.29, 1.82) is 0 Å². The Bertz CT molecular complexity index is 1070. The largest absolute Gasteiger partial charge is 0.335 e. The first-order valence-corrected chi connectivity index (χ1v) is 10.2. The number of quaternary nitrogens is 2. The van der Waals surface area contributed by atoms with Crippen LogP contribution in [0, 0.1) is 13.8 Å². The molecule has 0 bridgehead atoms. The fourth-order valence-corrected chi connectivity index (χ4v) is 4.46. The molecule has 28 heavy (non-hydrogen) atoms. The predicted molar refractivity (Wildman–Crippen MR) is 112 cm³/mol. The molecule has 1 aliphatic heterocycles. The minimum absolute atomic E-state index is 0.0235. The standard InChI is InChI=1S/C23H28N4O/c1-15-9-10-21(16(2)13-15)27-22(18(4)26-12-11-24-17(3)14-26)25-20-8-6-5-7-19(20)23(27)28/h5-10,13,17-18,24H,11-12,14H2,1-4H3/p+2/t17-,18-/m1/s1. The molecule has 0 aliphatic carbocycles. The van der Waals surface area contributed by atoms with Gasteiger partial charge in [-0.2, -0.15) is 0 Å². The predicted octanol–water partition coefficient (Wildman–Crippen LogP) is 0.914. The summed E-state index contributed by atoms with van der Waals surface area (Å²) in [5, 5.41) is 3.08. The van der Waals surface area contributed by atoms with Crippen LogP contribution in [0.1, 0.15) is 36.8 Å². The van der Waals surface area contributed by atoms with E-state index in [-0.39, 0.29) is 11.6 Å². The molecule has 2 heterocycles. The van der Waals surface area contributed by atoms with Crippen molar-refractivity contribution in [2.24, 2.45) is 0 Å². The third kappa shape index (κ3) is 3.36. The van der Waals surface area contributed by atoms with Gasteiger partial charge in [0, 0.05) is 0 Å². The second-order valence-electron chi connectivity index (χ2n) is 8.25. The monoisotopic (exact) mass is 378 g/mol. The van der Waals surface area contributed by atoms with Crippen molar-refractivity contribution >= 4 is 10.9 Å². The third-order valence-corrected chi connectivity index (χ3v) is 6.01. The molecule has 3 aromatic rings. The Morgan fingerprint density at radius 1 is 1.21 bits per heavy atom. The van der Waals surface area contributed by atoms with Gasteiger partial charge >= 0.3 is 0 Å². The van der Waals surface area contributed by atoms with Gasteiger partial charge in [0.2, 0.25) is 0 Å². The maximum Gasteiger partial charge on any atom is 0.266 e. The molecule has 0 saturated carbocycles. The van der Waals surface area contributed by atoms with E-state index < -0.39 is 0 Å². The van der Waals surface area contributed by atoms with Gasteiger partial charge in [-0.1, -0.05) is 29.8 Å². The number of hydrogen-bond acceptors (Lipinski definition) is 2. The first-order valence-electron chi connectivity index (χ1n) is 10.2. The van der Waals surface area contributed by atoms with Crippen LogP contribution in [0.3, 0.4) is 0 Å². The van der Waals surface area contributed by atoms with Crippen LogP contribution in [0.5, 0.6) is 0 Å². The van der Waals surface area contributed by atoms with Gasteiger partial charge < -0.3 is 10.2 Å². The zero-order valence-corrected chi connectivity index (χ0v) is 17.2. The van der Waals surface area contributed by atoms with Crippen molar-refractivity contribution in [2.75, 3.05) is 19.6 Å². The van der Waals surface area contributed by atoms with E-state index in [2.05, 4.69) is 51.2 Å². The molecule has 3 atom stereocenters. The van der Waals surface area contributed by atoms with Crippen molar-refractivity contribution in [2.45, 2.75) is 39.8 Å². The highest BCUT2D eigenvalue weighted by atomic mass is 16.1. The molecule has 2 aromatic carbocycles. The van der Waals surface area contributed by atoms with E-state index in [4.69, 9.17) is 4.98 Å². The summed E-state index contributed by atoms with van der Waals surface area (Å²) in [5.74, 6) is 0.861. The van der Waals surface area contributed by atoms with Crippen LogP contribution in [0.4, 0.5) is 0 Å². The van der Waals surface area contributed by atoms with Gasteiger partial charge in [-0.05, 0) is 51.5 Å². The molecule has 1 saturated heterocycles. The van der Waals surface area contributed by atoms with Gasteiger partial charge in [0.05, 0.1) is 16.6 Å². The average Bonchev–Trinajstić information content (AvgIpc) is 2.68. The minimum atomic E-state index is 0.0235. The molecule has 146 valence electrons. The average molecular weight is 379 g/mol. The van der Waals surface area contributed by atoms with Crippen LogP contribution >= 0.6 is 0 Å². The number of nitrogens with zero attached hydrogens (tertiary/aromatic N) is 2. The Hall–Kier alpha value is -2.50. The lowest BCUT2D eigenvalue weighted by atomic mass is 10.1. The number of nitrogens with two attached hydrogens (primary N) is 1. The summed E-state index contributed by atoms with van der Waals surface area (Å²) in [6.45, 7) is 11.9. The third-order valence-electron chi connectivity index (χ3n) is 6.01. The molecule has 1 aliphatic rings. The summed E-state index contributed by atoms with van der Waals surface area (Å²) >= 11 is 0. The van der Waals surface area contributed by atoms with E-state index in [1.165, 1.54) is 10.5 Å². The molecule has 0 amide bonds. The van der Waals surface area contributed by atoms with Crippen LogP contribution < -0.4 is 15.8 Å². The molecule has 3 N–H and O–H groups in total. The summed E-state index contributed by atoms with van der Waals surface area (Å²) in [5.41, 5.74) is 4.04. The zero-order valence-electron chi connectivity index (χ0n) is 17.2. The lowest BCUT2D eigenvalue weighted by Crippen LogP contribution is -3.22. The van der Waals surface area contributed by atoms with Gasteiger partial charge in [0.15, 0.2) is 5.82 Å². The highest BCUT2D eigenvalue weighted by Crippen LogP contribution is 2.20. The number of rotatable bonds is 3. The number of hydrogen-bond donors (Lipinski definition) is 2. The summed E-state index contributed by atoms with van der Waals surface area (Å²) in [6.07, 6.45) is 0. The highest BCUT2D eigenvalue weighted by molar-refractivity contribution is 5.78. The number of aromatic nitrogens is 2. The maximum atomic E-state index is 13.5. The minimum Gasteiger partial charge on any atom is -0.335 e. The van der Waals surface area contributed by atoms with Gasteiger partial charge in [0.1, 0.15) is 31.7 Å². The number of aryl methyl sites for hydroxylation is 2. The molecular weight excluding hydrogens is 348 g/mol. The second-order valence-corrected chi connectivity index (χ2v) is 8.25. The van der Waals surface area contributed by atoms with E-state index in [1.807, 2.05) is 28.8 Å². The molecular formula is C23H30N4O+2. The molecule has 0 radical (unpaired) electrons. The lowest BCUT2D eigenvalue weighted by Gasteiger charge is -2.32. The van der Waals surface area contributed by atoms with E-state index in [1.54, 1.807) is 0 Å². The normalized spacial score (nSPS) is 21.0. The number of benzene rings is 2. The molecule has 1 fully saturated rings. The molecule has 4 rings (SSSR count).